The van der Waals surface area contributed by atoms with E-state index in [1.165, 1.54) is 24.2 Å². The Labute approximate surface area is 157 Å². The van der Waals surface area contributed by atoms with E-state index in [1.54, 1.807) is 0 Å². The van der Waals surface area contributed by atoms with Crippen LogP contribution in [0.2, 0.25) is 0 Å². The third kappa shape index (κ3) is 4.25. The van der Waals surface area contributed by atoms with Gasteiger partial charge in [-0.2, -0.15) is 0 Å². The van der Waals surface area contributed by atoms with Crippen molar-refractivity contribution in [1.29, 1.82) is 0 Å². The fourth-order valence-corrected chi connectivity index (χ4v) is 3.88. The minimum atomic E-state index is -0.0791. The largest absolute Gasteiger partial charge is 0.300 e. The molecule has 0 saturated heterocycles. The maximum Gasteiger partial charge on any atom is 0.230 e. The lowest BCUT2D eigenvalue weighted by Gasteiger charge is -2.12. The highest BCUT2D eigenvalue weighted by atomic mass is 32.1. The van der Waals surface area contributed by atoms with Gasteiger partial charge in [0, 0.05) is 17.5 Å². The number of carbonyl (C=O) groups excluding carboxylic acids is 1. The second-order valence-electron chi connectivity index (χ2n) is 6.50. The summed E-state index contributed by atoms with van der Waals surface area (Å²) in [4.78, 5) is 17.1. The van der Waals surface area contributed by atoms with Crippen LogP contribution in [0.5, 0.6) is 0 Å². The van der Waals surface area contributed by atoms with Crippen LogP contribution in [0.3, 0.4) is 0 Å². The Hall–Kier alpha value is -2.34. The molecule has 6 heteroatoms. The fraction of sp³-hybridized carbons (Fsp3) is 0.400. The van der Waals surface area contributed by atoms with E-state index in [0.29, 0.717) is 11.6 Å². The number of aryl methyl sites for hydroxylation is 3. The number of amides is 1. The molecule has 1 amide bonds. The zero-order chi connectivity index (χ0) is 18.5. The van der Waals surface area contributed by atoms with E-state index < -0.39 is 0 Å². The second kappa shape index (κ2) is 8.36. The van der Waals surface area contributed by atoms with E-state index in [2.05, 4.69) is 34.3 Å². The minimum Gasteiger partial charge on any atom is -0.300 e. The first kappa shape index (κ1) is 18.5. The number of hydrogen-bond donors (Lipinski definition) is 1. The molecule has 1 N–H and O–H groups in total. The summed E-state index contributed by atoms with van der Waals surface area (Å²) in [6.07, 6.45) is 4.70. The molecule has 3 rings (SSSR count). The van der Waals surface area contributed by atoms with E-state index in [0.717, 1.165) is 45.6 Å². The Morgan fingerprint density at radius 3 is 2.77 bits per heavy atom. The summed E-state index contributed by atoms with van der Waals surface area (Å²) < 4.78 is 0. The van der Waals surface area contributed by atoms with Crippen LogP contribution in [0.25, 0.3) is 10.9 Å². The highest BCUT2D eigenvalue weighted by Gasteiger charge is 2.14. The summed E-state index contributed by atoms with van der Waals surface area (Å²) >= 11 is 1.46. The van der Waals surface area contributed by atoms with Gasteiger partial charge < -0.3 is 5.32 Å². The van der Waals surface area contributed by atoms with Crippen molar-refractivity contribution in [3.05, 3.63) is 46.1 Å². The lowest BCUT2D eigenvalue weighted by atomic mass is 9.99. The van der Waals surface area contributed by atoms with E-state index in [4.69, 9.17) is 0 Å². The molecule has 26 heavy (non-hydrogen) atoms. The molecular weight excluding hydrogens is 344 g/mol. The van der Waals surface area contributed by atoms with Crippen molar-refractivity contribution < 1.29 is 4.79 Å². The van der Waals surface area contributed by atoms with Crippen molar-refractivity contribution in [3.8, 4) is 0 Å². The SMILES string of the molecule is CCCCCc1nnc(NC(=O)Cc2c(C)nc3ccccc3c2C)s1. The Bertz CT molecular complexity index is 919. The number of aromatic nitrogens is 3. The van der Waals surface area contributed by atoms with Crippen molar-refractivity contribution in [3.63, 3.8) is 0 Å². The van der Waals surface area contributed by atoms with Crippen LogP contribution in [0.1, 0.15) is 48.0 Å². The van der Waals surface area contributed by atoms with Crippen LogP contribution in [0.15, 0.2) is 24.3 Å². The van der Waals surface area contributed by atoms with Gasteiger partial charge in [-0.15, -0.1) is 10.2 Å². The van der Waals surface area contributed by atoms with Crippen molar-refractivity contribution in [2.24, 2.45) is 0 Å². The van der Waals surface area contributed by atoms with Gasteiger partial charge in [0.2, 0.25) is 11.0 Å². The topological polar surface area (TPSA) is 67.8 Å². The first-order chi connectivity index (χ1) is 12.6. The third-order valence-electron chi connectivity index (χ3n) is 4.53. The van der Waals surface area contributed by atoms with Gasteiger partial charge in [-0.3, -0.25) is 9.78 Å². The summed E-state index contributed by atoms with van der Waals surface area (Å²) in [5, 5.41) is 13.8. The number of anilines is 1. The van der Waals surface area contributed by atoms with Crippen LogP contribution in [-0.4, -0.2) is 21.1 Å². The number of unbranched alkanes of at least 4 members (excludes halogenated alkanes) is 2. The minimum absolute atomic E-state index is 0.0791. The quantitative estimate of drug-likeness (QED) is 0.618. The first-order valence-electron chi connectivity index (χ1n) is 9.05. The van der Waals surface area contributed by atoms with Crippen molar-refractivity contribution in [2.75, 3.05) is 5.32 Å². The van der Waals surface area contributed by atoms with E-state index in [1.807, 2.05) is 31.2 Å². The number of benzene rings is 1. The van der Waals surface area contributed by atoms with Crippen LogP contribution in [0.4, 0.5) is 5.13 Å². The summed E-state index contributed by atoms with van der Waals surface area (Å²) in [5.74, 6) is -0.0791. The van der Waals surface area contributed by atoms with Crippen LogP contribution in [0, 0.1) is 13.8 Å². The molecule has 0 aliphatic heterocycles. The summed E-state index contributed by atoms with van der Waals surface area (Å²) in [5.41, 5.74) is 3.95. The van der Waals surface area contributed by atoms with Crippen molar-refractivity contribution in [1.82, 2.24) is 15.2 Å². The number of nitrogens with zero attached hydrogens (tertiary/aromatic N) is 3. The summed E-state index contributed by atoms with van der Waals surface area (Å²) in [6, 6.07) is 8.03. The average molecular weight is 369 g/mol. The van der Waals surface area contributed by atoms with Crippen molar-refractivity contribution >= 4 is 33.3 Å². The molecule has 0 saturated carbocycles. The number of hydrogen-bond acceptors (Lipinski definition) is 5. The number of pyridine rings is 1. The van der Waals surface area contributed by atoms with Gasteiger partial charge in [-0.25, -0.2) is 0 Å². The molecule has 0 aliphatic carbocycles. The molecule has 0 atom stereocenters. The Morgan fingerprint density at radius 1 is 1.15 bits per heavy atom. The van der Waals surface area contributed by atoms with E-state index >= 15 is 0 Å². The normalized spacial score (nSPS) is 11.0. The van der Waals surface area contributed by atoms with Crippen LogP contribution < -0.4 is 5.32 Å². The smallest absolute Gasteiger partial charge is 0.230 e. The highest BCUT2D eigenvalue weighted by molar-refractivity contribution is 7.15. The fourth-order valence-electron chi connectivity index (χ4n) is 3.09. The van der Waals surface area contributed by atoms with Gasteiger partial charge in [0.05, 0.1) is 11.9 Å². The molecule has 0 spiro atoms. The van der Waals surface area contributed by atoms with E-state index in [-0.39, 0.29) is 5.91 Å². The molecule has 0 fully saturated rings. The molecular formula is C20H24N4OS. The predicted octanol–water partition coefficient (Wildman–Crippen LogP) is 4.62. The maximum absolute atomic E-state index is 12.5. The first-order valence-corrected chi connectivity index (χ1v) is 9.87. The molecule has 3 aromatic rings. The lowest BCUT2D eigenvalue weighted by molar-refractivity contribution is -0.115. The zero-order valence-electron chi connectivity index (χ0n) is 15.5. The number of fused-ring (bicyclic) bond motifs is 1. The van der Waals surface area contributed by atoms with Crippen LogP contribution in [-0.2, 0) is 17.6 Å². The van der Waals surface area contributed by atoms with Crippen molar-refractivity contribution in [2.45, 2.75) is 52.9 Å². The predicted molar refractivity (Wildman–Crippen MR) is 107 cm³/mol. The number of carbonyl (C=O) groups is 1. The molecule has 0 radical (unpaired) electrons. The Kier molecular flexibility index (Phi) is 5.93. The standard InChI is InChI=1S/C20H24N4OS/c1-4-5-6-11-19-23-24-20(26-19)22-18(25)12-16-13(2)15-9-7-8-10-17(15)21-14(16)3/h7-10H,4-6,11-12H2,1-3H3,(H,22,24,25). The molecule has 0 bridgehead atoms. The van der Waals surface area contributed by atoms with E-state index in [9.17, 15) is 4.79 Å². The maximum atomic E-state index is 12.5. The van der Waals surface area contributed by atoms with Crippen LogP contribution >= 0.6 is 11.3 Å². The Balaban J connectivity index is 1.69. The summed E-state index contributed by atoms with van der Waals surface area (Å²) in [6.45, 7) is 6.19. The van der Waals surface area contributed by atoms with Gasteiger partial charge in [0.1, 0.15) is 5.01 Å². The number of nitrogens with one attached hydrogen (secondary N) is 1. The highest BCUT2D eigenvalue weighted by Crippen LogP contribution is 2.24. The zero-order valence-corrected chi connectivity index (χ0v) is 16.3. The molecule has 1 aromatic carbocycles. The number of para-hydroxylation sites is 1. The molecule has 0 unspecified atom stereocenters. The Morgan fingerprint density at radius 2 is 1.96 bits per heavy atom. The molecule has 5 nitrogen and oxygen atoms in total. The average Bonchev–Trinajstić information content (AvgIpc) is 3.06. The summed E-state index contributed by atoms with van der Waals surface area (Å²) in [7, 11) is 0. The molecule has 2 aromatic heterocycles. The van der Waals surface area contributed by atoms with Gasteiger partial charge in [0.15, 0.2) is 0 Å². The van der Waals surface area contributed by atoms with Gasteiger partial charge >= 0.3 is 0 Å². The van der Waals surface area contributed by atoms with Gasteiger partial charge in [-0.05, 0) is 37.5 Å². The molecule has 136 valence electrons. The van der Waals surface area contributed by atoms with Gasteiger partial charge in [-0.1, -0.05) is 49.3 Å². The van der Waals surface area contributed by atoms with Gasteiger partial charge in [0.25, 0.3) is 0 Å². The molecule has 0 aliphatic rings. The third-order valence-corrected chi connectivity index (χ3v) is 5.43. The number of rotatable bonds is 7. The monoisotopic (exact) mass is 368 g/mol. The lowest BCUT2D eigenvalue weighted by Crippen LogP contribution is -2.16. The molecule has 2 heterocycles. The second-order valence-corrected chi connectivity index (χ2v) is 7.56.